The van der Waals surface area contributed by atoms with E-state index in [1.807, 2.05) is 11.8 Å². The van der Waals surface area contributed by atoms with Gasteiger partial charge in [0, 0.05) is 11.4 Å². The summed E-state index contributed by atoms with van der Waals surface area (Å²) in [5, 5.41) is 3.46. The molecule has 1 aliphatic rings. The van der Waals surface area contributed by atoms with Gasteiger partial charge in [-0.2, -0.15) is 0 Å². The van der Waals surface area contributed by atoms with Gasteiger partial charge >= 0.3 is 0 Å². The van der Waals surface area contributed by atoms with Gasteiger partial charge in [0.05, 0.1) is 19.3 Å². The number of hydrogen-bond acceptors (Lipinski definition) is 3. The Bertz CT molecular complexity index is 293. The average Bonchev–Trinajstić information content (AvgIpc) is 2.32. The van der Waals surface area contributed by atoms with E-state index < -0.39 is 0 Å². The topological polar surface area (TPSA) is 21.3 Å². The first-order valence-corrected chi connectivity index (χ1v) is 6.42. The second-order valence-electron chi connectivity index (χ2n) is 3.58. The molecule has 0 aliphatic carbocycles. The smallest absolute Gasteiger partial charge is 0.0662 e. The van der Waals surface area contributed by atoms with Gasteiger partial charge in [-0.1, -0.05) is 19.1 Å². The zero-order valence-corrected chi connectivity index (χ0v) is 9.85. The van der Waals surface area contributed by atoms with E-state index in [0.717, 1.165) is 25.5 Å². The fourth-order valence-electron chi connectivity index (χ4n) is 1.74. The molecule has 1 N–H and O–H groups in total. The lowest BCUT2D eigenvalue weighted by Crippen LogP contribution is -2.34. The molecule has 0 unspecified atom stereocenters. The molecule has 1 heterocycles. The summed E-state index contributed by atoms with van der Waals surface area (Å²) in [6, 6.07) is 9.16. The molecular weight excluding hydrogens is 206 g/mol. The number of rotatable bonds is 3. The highest BCUT2D eigenvalue weighted by atomic mass is 32.2. The first-order valence-electron chi connectivity index (χ1n) is 5.44. The minimum atomic E-state index is 0.374. The van der Waals surface area contributed by atoms with Gasteiger partial charge < -0.3 is 10.1 Å². The van der Waals surface area contributed by atoms with Gasteiger partial charge in [0.2, 0.25) is 0 Å². The van der Waals surface area contributed by atoms with Crippen LogP contribution in [0.25, 0.3) is 0 Å². The lowest BCUT2D eigenvalue weighted by atomic mass is 10.1. The Balaban J connectivity index is 2.02. The molecule has 0 radical (unpaired) electrons. The monoisotopic (exact) mass is 223 g/mol. The predicted molar refractivity (Wildman–Crippen MR) is 64.4 cm³/mol. The highest BCUT2D eigenvalue weighted by Gasteiger charge is 2.14. The van der Waals surface area contributed by atoms with Crippen LogP contribution < -0.4 is 5.32 Å². The second-order valence-corrected chi connectivity index (χ2v) is 4.92. The molecule has 1 saturated heterocycles. The van der Waals surface area contributed by atoms with E-state index in [4.69, 9.17) is 4.74 Å². The molecule has 1 aromatic rings. The number of nitrogens with one attached hydrogen (secondary N) is 1. The molecule has 0 bridgehead atoms. The van der Waals surface area contributed by atoms with Crippen molar-refractivity contribution in [2.75, 3.05) is 25.5 Å². The van der Waals surface area contributed by atoms with E-state index >= 15 is 0 Å². The van der Waals surface area contributed by atoms with Crippen molar-refractivity contribution in [3.8, 4) is 0 Å². The van der Waals surface area contributed by atoms with Gasteiger partial charge in [0.25, 0.3) is 0 Å². The van der Waals surface area contributed by atoms with Gasteiger partial charge in [-0.05, 0) is 23.4 Å². The maximum absolute atomic E-state index is 5.45. The second kappa shape index (κ2) is 5.54. The quantitative estimate of drug-likeness (QED) is 0.795. The minimum absolute atomic E-state index is 0.374. The summed E-state index contributed by atoms with van der Waals surface area (Å²) >= 11 is 1.88. The maximum atomic E-state index is 5.45. The van der Waals surface area contributed by atoms with Crippen LogP contribution in [0.1, 0.15) is 18.5 Å². The first-order chi connectivity index (χ1) is 7.40. The van der Waals surface area contributed by atoms with Crippen LogP contribution in [0.15, 0.2) is 29.2 Å². The van der Waals surface area contributed by atoms with Gasteiger partial charge in [-0.3, -0.25) is 0 Å². The van der Waals surface area contributed by atoms with Crippen molar-refractivity contribution in [2.45, 2.75) is 17.9 Å². The molecule has 15 heavy (non-hydrogen) atoms. The maximum Gasteiger partial charge on any atom is 0.0662 e. The van der Waals surface area contributed by atoms with Gasteiger partial charge in [0.1, 0.15) is 0 Å². The van der Waals surface area contributed by atoms with Crippen LogP contribution in [0.3, 0.4) is 0 Å². The number of morpholine rings is 1. The fourth-order valence-corrected chi connectivity index (χ4v) is 2.40. The SMILES string of the molecule is CCSc1ccc([C@H]2COCCN2)cc1. The highest BCUT2D eigenvalue weighted by molar-refractivity contribution is 7.99. The van der Waals surface area contributed by atoms with E-state index in [1.165, 1.54) is 10.5 Å². The van der Waals surface area contributed by atoms with E-state index in [-0.39, 0.29) is 0 Å². The van der Waals surface area contributed by atoms with Crippen molar-refractivity contribution in [3.63, 3.8) is 0 Å². The van der Waals surface area contributed by atoms with Crippen LogP contribution in [-0.4, -0.2) is 25.5 Å². The van der Waals surface area contributed by atoms with Crippen LogP contribution in [-0.2, 0) is 4.74 Å². The van der Waals surface area contributed by atoms with Crippen molar-refractivity contribution in [1.29, 1.82) is 0 Å². The zero-order chi connectivity index (χ0) is 10.5. The van der Waals surface area contributed by atoms with Gasteiger partial charge in [-0.25, -0.2) is 0 Å². The van der Waals surface area contributed by atoms with E-state index in [2.05, 4.69) is 36.5 Å². The van der Waals surface area contributed by atoms with Crippen LogP contribution in [0.4, 0.5) is 0 Å². The van der Waals surface area contributed by atoms with Crippen LogP contribution in [0.5, 0.6) is 0 Å². The number of ether oxygens (including phenoxy) is 1. The number of hydrogen-bond donors (Lipinski definition) is 1. The summed E-state index contributed by atoms with van der Waals surface area (Å²) in [5.41, 5.74) is 1.33. The normalized spacial score (nSPS) is 21.5. The van der Waals surface area contributed by atoms with E-state index in [1.54, 1.807) is 0 Å². The summed E-state index contributed by atoms with van der Waals surface area (Å²) in [6.45, 7) is 4.76. The van der Waals surface area contributed by atoms with Crippen molar-refractivity contribution >= 4 is 11.8 Å². The molecule has 1 aromatic carbocycles. The Kier molecular flexibility index (Phi) is 4.06. The largest absolute Gasteiger partial charge is 0.378 e. The van der Waals surface area contributed by atoms with E-state index in [0.29, 0.717) is 6.04 Å². The minimum Gasteiger partial charge on any atom is -0.378 e. The number of benzene rings is 1. The molecule has 3 heteroatoms. The van der Waals surface area contributed by atoms with Gasteiger partial charge in [-0.15, -0.1) is 11.8 Å². The predicted octanol–water partition coefficient (Wildman–Crippen LogP) is 2.46. The molecule has 2 rings (SSSR count). The third-order valence-electron chi connectivity index (χ3n) is 2.52. The Hall–Kier alpha value is -0.510. The zero-order valence-electron chi connectivity index (χ0n) is 9.03. The molecule has 0 aromatic heterocycles. The highest BCUT2D eigenvalue weighted by Crippen LogP contribution is 2.21. The molecule has 1 fully saturated rings. The lowest BCUT2D eigenvalue weighted by molar-refractivity contribution is 0.0769. The Labute approximate surface area is 95.4 Å². The average molecular weight is 223 g/mol. The molecule has 82 valence electrons. The fraction of sp³-hybridized carbons (Fsp3) is 0.500. The van der Waals surface area contributed by atoms with E-state index in [9.17, 15) is 0 Å². The third-order valence-corrected chi connectivity index (χ3v) is 3.41. The molecular formula is C12H17NOS. The summed E-state index contributed by atoms with van der Waals surface area (Å²) in [5.74, 6) is 1.13. The van der Waals surface area contributed by atoms with Crippen molar-refractivity contribution in [3.05, 3.63) is 29.8 Å². The summed E-state index contributed by atoms with van der Waals surface area (Å²) < 4.78 is 5.45. The van der Waals surface area contributed by atoms with Crippen LogP contribution in [0, 0.1) is 0 Å². The summed E-state index contributed by atoms with van der Waals surface area (Å²) in [7, 11) is 0. The standard InChI is InChI=1S/C12H17NOS/c1-2-15-11-5-3-10(4-6-11)12-9-14-8-7-13-12/h3-6,12-13H,2,7-9H2,1H3/t12-/m1/s1. The summed E-state index contributed by atoms with van der Waals surface area (Å²) in [6.07, 6.45) is 0. The number of thioether (sulfide) groups is 1. The Morgan fingerprint density at radius 2 is 2.20 bits per heavy atom. The van der Waals surface area contributed by atoms with Crippen molar-refractivity contribution in [1.82, 2.24) is 5.32 Å². The molecule has 0 spiro atoms. The lowest BCUT2D eigenvalue weighted by Gasteiger charge is -2.24. The van der Waals surface area contributed by atoms with Crippen molar-refractivity contribution in [2.24, 2.45) is 0 Å². The Morgan fingerprint density at radius 1 is 1.40 bits per heavy atom. The van der Waals surface area contributed by atoms with Gasteiger partial charge in [0.15, 0.2) is 0 Å². The van der Waals surface area contributed by atoms with Crippen LogP contribution in [0.2, 0.25) is 0 Å². The molecule has 0 amide bonds. The molecule has 0 saturated carbocycles. The van der Waals surface area contributed by atoms with Crippen LogP contribution >= 0.6 is 11.8 Å². The third kappa shape index (κ3) is 2.97. The molecule has 1 aliphatic heterocycles. The molecule has 1 atom stereocenters. The Morgan fingerprint density at radius 3 is 2.80 bits per heavy atom. The summed E-state index contributed by atoms with van der Waals surface area (Å²) in [4.78, 5) is 1.35. The molecule has 2 nitrogen and oxygen atoms in total. The first kappa shape index (κ1) is 11.0. The van der Waals surface area contributed by atoms with Crippen molar-refractivity contribution < 1.29 is 4.74 Å².